The molecule has 2 aromatic rings. The van der Waals surface area contributed by atoms with Crippen LogP contribution in [0.25, 0.3) is 0 Å². The van der Waals surface area contributed by atoms with Crippen LogP contribution in [0.5, 0.6) is 0 Å². The van der Waals surface area contributed by atoms with Crippen molar-refractivity contribution in [2.24, 2.45) is 11.7 Å². The normalized spacial score (nSPS) is 19.2. The van der Waals surface area contributed by atoms with Crippen molar-refractivity contribution in [3.63, 3.8) is 0 Å². The maximum absolute atomic E-state index is 12.6. The second-order valence-corrected chi connectivity index (χ2v) is 6.25. The number of benzene rings is 2. The minimum absolute atomic E-state index is 0.00278. The van der Waals surface area contributed by atoms with Crippen LogP contribution in [0.1, 0.15) is 28.3 Å². The van der Waals surface area contributed by atoms with E-state index in [4.69, 9.17) is 17.3 Å². The smallest absolute Gasteiger partial charge is 0.248 e. The summed E-state index contributed by atoms with van der Waals surface area (Å²) in [6.07, 6.45) is 0.851. The average molecular weight is 329 g/mol. The summed E-state index contributed by atoms with van der Waals surface area (Å²) in [5.74, 6) is -0.142. The zero-order valence-corrected chi connectivity index (χ0v) is 13.5. The summed E-state index contributed by atoms with van der Waals surface area (Å²) >= 11 is 5.89. The van der Waals surface area contributed by atoms with Gasteiger partial charge in [0.05, 0.1) is 0 Å². The predicted molar refractivity (Wildman–Crippen MR) is 90.7 cm³/mol. The van der Waals surface area contributed by atoms with Crippen molar-refractivity contribution in [3.8, 4) is 0 Å². The van der Waals surface area contributed by atoms with E-state index in [-0.39, 0.29) is 17.7 Å². The number of anilines is 1. The van der Waals surface area contributed by atoms with Gasteiger partial charge in [-0.1, -0.05) is 23.7 Å². The summed E-state index contributed by atoms with van der Waals surface area (Å²) < 4.78 is 0. The van der Waals surface area contributed by atoms with E-state index in [1.807, 2.05) is 24.3 Å². The third-order valence-corrected chi connectivity index (χ3v) is 4.53. The van der Waals surface area contributed by atoms with E-state index in [0.29, 0.717) is 10.6 Å². The van der Waals surface area contributed by atoms with Gasteiger partial charge >= 0.3 is 0 Å². The molecule has 1 aliphatic carbocycles. The molecule has 23 heavy (non-hydrogen) atoms. The molecule has 2 atom stereocenters. The van der Waals surface area contributed by atoms with Gasteiger partial charge in [0.2, 0.25) is 11.8 Å². The van der Waals surface area contributed by atoms with Crippen LogP contribution in [0.15, 0.2) is 48.5 Å². The van der Waals surface area contributed by atoms with Crippen LogP contribution in [-0.2, 0) is 4.79 Å². The van der Waals surface area contributed by atoms with Crippen LogP contribution < -0.4 is 10.6 Å². The van der Waals surface area contributed by atoms with Crippen LogP contribution in [0.4, 0.5) is 5.69 Å². The van der Waals surface area contributed by atoms with E-state index in [1.54, 1.807) is 36.2 Å². The van der Waals surface area contributed by atoms with Gasteiger partial charge in [-0.25, -0.2) is 0 Å². The predicted octanol–water partition coefficient (Wildman–Crippen LogP) is 3.21. The number of hydrogen-bond donors (Lipinski definition) is 1. The number of amides is 2. The van der Waals surface area contributed by atoms with E-state index >= 15 is 0 Å². The highest BCUT2D eigenvalue weighted by molar-refractivity contribution is 6.30. The Hall–Kier alpha value is -2.33. The van der Waals surface area contributed by atoms with Crippen LogP contribution in [0, 0.1) is 5.92 Å². The highest BCUT2D eigenvalue weighted by Crippen LogP contribution is 2.48. The van der Waals surface area contributed by atoms with Crippen LogP contribution in [0.2, 0.25) is 5.02 Å². The van der Waals surface area contributed by atoms with E-state index < -0.39 is 5.91 Å². The molecule has 0 aliphatic heterocycles. The maximum Gasteiger partial charge on any atom is 0.248 e. The Balaban J connectivity index is 1.69. The summed E-state index contributed by atoms with van der Waals surface area (Å²) in [6, 6.07) is 14.4. The van der Waals surface area contributed by atoms with Crippen molar-refractivity contribution < 1.29 is 9.59 Å². The molecule has 2 N–H and O–H groups in total. The molecule has 0 heterocycles. The van der Waals surface area contributed by atoms with E-state index in [1.165, 1.54) is 0 Å². The minimum atomic E-state index is -0.476. The Bertz CT molecular complexity index is 741. The largest absolute Gasteiger partial charge is 0.366 e. The molecular weight excluding hydrogens is 312 g/mol. The summed E-state index contributed by atoms with van der Waals surface area (Å²) in [6.45, 7) is 0. The van der Waals surface area contributed by atoms with Gasteiger partial charge in [-0.05, 0) is 54.3 Å². The zero-order valence-electron chi connectivity index (χ0n) is 12.7. The minimum Gasteiger partial charge on any atom is -0.366 e. The molecule has 0 radical (unpaired) electrons. The fraction of sp³-hybridized carbons (Fsp3) is 0.222. The monoisotopic (exact) mass is 328 g/mol. The van der Waals surface area contributed by atoms with Crippen LogP contribution in [0.3, 0.4) is 0 Å². The van der Waals surface area contributed by atoms with Gasteiger partial charge in [0, 0.05) is 29.2 Å². The van der Waals surface area contributed by atoms with Gasteiger partial charge in [-0.2, -0.15) is 0 Å². The van der Waals surface area contributed by atoms with Gasteiger partial charge in [-0.15, -0.1) is 0 Å². The van der Waals surface area contributed by atoms with Crippen molar-refractivity contribution in [1.82, 2.24) is 0 Å². The van der Waals surface area contributed by atoms with E-state index in [2.05, 4.69) is 0 Å². The Morgan fingerprint density at radius 3 is 2.26 bits per heavy atom. The molecule has 1 saturated carbocycles. The molecule has 2 aromatic carbocycles. The topological polar surface area (TPSA) is 63.4 Å². The van der Waals surface area contributed by atoms with Crippen molar-refractivity contribution in [2.45, 2.75) is 12.3 Å². The fourth-order valence-corrected chi connectivity index (χ4v) is 2.90. The first-order valence-electron chi connectivity index (χ1n) is 7.40. The Kier molecular flexibility index (Phi) is 4.09. The van der Waals surface area contributed by atoms with Crippen LogP contribution in [-0.4, -0.2) is 18.9 Å². The fourth-order valence-electron chi connectivity index (χ4n) is 2.77. The molecule has 0 spiro atoms. The molecule has 0 unspecified atom stereocenters. The SMILES string of the molecule is CN(C(=O)[C@H]1C[C@H]1c1ccc(Cl)cc1)c1ccc(C(N)=O)cc1. The standard InChI is InChI=1S/C18H17ClN2O2/c1-21(14-8-4-12(5-9-14)17(20)22)18(23)16-10-15(16)11-2-6-13(19)7-3-11/h2-9,15-16H,10H2,1H3,(H2,20,22)/t15-,16-/m0/s1. The van der Waals surface area contributed by atoms with Crippen molar-refractivity contribution in [2.75, 3.05) is 11.9 Å². The lowest BCUT2D eigenvalue weighted by Gasteiger charge is -2.17. The molecule has 2 amide bonds. The number of nitrogens with two attached hydrogens (primary N) is 1. The lowest BCUT2D eigenvalue weighted by molar-refractivity contribution is -0.119. The lowest BCUT2D eigenvalue weighted by Crippen LogP contribution is -2.28. The molecule has 0 aromatic heterocycles. The van der Waals surface area contributed by atoms with Gasteiger partial charge in [0.25, 0.3) is 0 Å². The van der Waals surface area contributed by atoms with Gasteiger partial charge in [-0.3, -0.25) is 9.59 Å². The molecule has 0 bridgehead atoms. The number of halogens is 1. The first-order valence-corrected chi connectivity index (χ1v) is 7.78. The van der Waals surface area contributed by atoms with Gasteiger partial charge < -0.3 is 10.6 Å². The highest BCUT2D eigenvalue weighted by Gasteiger charge is 2.45. The Labute approximate surface area is 139 Å². The summed E-state index contributed by atoms with van der Waals surface area (Å²) in [5, 5.41) is 0.698. The molecule has 3 rings (SSSR count). The first kappa shape index (κ1) is 15.6. The zero-order chi connectivity index (χ0) is 16.6. The third-order valence-electron chi connectivity index (χ3n) is 4.28. The van der Waals surface area contributed by atoms with Crippen LogP contribution >= 0.6 is 11.6 Å². The molecule has 5 heteroatoms. The number of carbonyl (C=O) groups excluding carboxylic acids is 2. The molecule has 4 nitrogen and oxygen atoms in total. The number of hydrogen-bond acceptors (Lipinski definition) is 2. The number of primary amides is 1. The molecule has 1 fully saturated rings. The number of rotatable bonds is 4. The van der Waals surface area contributed by atoms with E-state index in [9.17, 15) is 9.59 Å². The molecule has 0 saturated heterocycles. The van der Waals surface area contributed by atoms with Crippen molar-refractivity contribution >= 4 is 29.1 Å². The second kappa shape index (κ2) is 6.05. The molecule has 118 valence electrons. The van der Waals surface area contributed by atoms with Crippen molar-refractivity contribution in [1.29, 1.82) is 0 Å². The summed E-state index contributed by atoms with van der Waals surface area (Å²) in [4.78, 5) is 25.3. The number of nitrogens with zero attached hydrogens (tertiary/aromatic N) is 1. The van der Waals surface area contributed by atoms with E-state index in [0.717, 1.165) is 17.7 Å². The quantitative estimate of drug-likeness (QED) is 0.936. The van der Waals surface area contributed by atoms with Gasteiger partial charge in [0.15, 0.2) is 0 Å². The second-order valence-electron chi connectivity index (χ2n) is 5.81. The average Bonchev–Trinajstić information content (AvgIpc) is 3.35. The summed E-state index contributed by atoms with van der Waals surface area (Å²) in [5.41, 5.74) is 7.55. The third kappa shape index (κ3) is 3.22. The first-order chi connectivity index (χ1) is 11.0. The van der Waals surface area contributed by atoms with Crippen molar-refractivity contribution in [3.05, 3.63) is 64.7 Å². The Morgan fingerprint density at radius 1 is 1.09 bits per heavy atom. The molecular formula is C18H17ClN2O2. The molecule has 1 aliphatic rings. The van der Waals surface area contributed by atoms with Gasteiger partial charge in [0.1, 0.15) is 0 Å². The Morgan fingerprint density at radius 2 is 1.70 bits per heavy atom. The highest BCUT2D eigenvalue weighted by atomic mass is 35.5. The maximum atomic E-state index is 12.6. The number of carbonyl (C=O) groups is 2. The lowest BCUT2D eigenvalue weighted by atomic mass is 10.1. The summed E-state index contributed by atoms with van der Waals surface area (Å²) in [7, 11) is 1.75.